The standard InChI is InChI=1S/C17H22BrNO5/c1-3-22-14-7-11(13(18)9-15(14)23-4-2)8-17(21)24-10-16(20)19-12-5-6-12/h7,9,12H,3-6,8,10H2,1-2H3,(H,19,20). The molecule has 1 N–H and O–H groups in total. The summed E-state index contributed by atoms with van der Waals surface area (Å²) in [7, 11) is 0. The number of rotatable bonds is 9. The molecule has 0 spiro atoms. The van der Waals surface area contributed by atoms with Crippen molar-refractivity contribution in [3.05, 3.63) is 22.2 Å². The highest BCUT2D eigenvalue weighted by Crippen LogP contribution is 2.34. The Bertz CT molecular complexity index is 601. The number of hydrogen-bond acceptors (Lipinski definition) is 5. The minimum Gasteiger partial charge on any atom is -0.490 e. The van der Waals surface area contributed by atoms with Crippen LogP contribution in [0.4, 0.5) is 0 Å². The van der Waals surface area contributed by atoms with Crippen molar-refractivity contribution in [2.75, 3.05) is 19.8 Å². The van der Waals surface area contributed by atoms with Gasteiger partial charge in [0, 0.05) is 10.5 Å². The molecule has 0 aliphatic heterocycles. The maximum atomic E-state index is 12.0. The molecule has 1 aromatic carbocycles. The lowest BCUT2D eigenvalue weighted by Crippen LogP contribution is -2.30. The number of carbonyl (C=O) groups excluding carboxylic acids is 2. The number of hydrogen-bond donors (Lipinski definition) is 1. The monoisotopic (exact) mass is 399 g/mol. The van der Waals surface area contributed by atoms with Gasteiger partial charge in [-0.05, 0) is 44.4 Å². The lowest BCUT2D eigenvalue weighted by atomic mass is 10.1. The summed E-state index contributed by atoms with van der Waals surface area (Å²) in [5.41, 5.74) is 0.717. The van der Waals surface area contributed by atoms with Gasteiger partial charge in [-0.25, -0.2) is 0 Å². The zero-order valence-electron chi connectivity index (χ0n) is 13.9. The molecule has 1 aromatic rings. The van der Waals surface area contributed by atoms with Gasteiger partial charge >= 0.3 is 5.97 Å². The van der Waals surface area contributed by atoms with E-state index in [0.29, 0.717) is 24.7 Å². The van der Waals surface area contributed by atoms with Crippen molar-refractivity contribution in [2.45, 2.75) is 39.2 Å². The van der Waals surface area contributed by atoms with Gasteiger partial charge in [-0.3, -0.25) is 9.59 Å². The van der Waals surface area contributed by atoms with E-state index in [1.807, 2.05) is 13.8 Å². The van der Waals surface area contributed by atoms with Crippen LogP contribution < -0.4 is 14.8 Å². The highest BCUT2D eigenvalue weighted by Gasteiger charge is 2.23. The summed E-state index contributed by atoms with van der Waals surface area (Å²) >= 11 is 3.43. The smallest absolute Gasteiger partial charge is 0.310 e. The van der Waals surface area contributed by atoms with Gasteiger partial charge in [-0.1, -0.05) is 15.9 Å². The molecule has 0 atom stereocenters. The van der Waals surface area contributed by atoms with Crippen molar-refractivity contribution in [1.29, 1.82) is 0 Å². The van der Waals surface area contributed by atoms with E-state index in [2.05, 4.69) is 21.2 Å². The molecule has 1 aliphatic carbocycles. The molecule has 1 aliphatic rings. The number of esters is 1. The fourth-order valence-electron chi connectivity index (χ4n) is 2.10. The largest absolute Gasteiger partial charge is 0.490 e. The Hall–Kier alpha value is -1.76. The molecular weight excluding hydrogens is 378 g/mol. The van der Waals surface area contributed by atoms with Crippen molar-refractivity contribution >= 4 is 27.8 Å². The van der Waals surface area contributed by atoms with Gasteiger partial charge < -0.3 is 19.5 Å². The summed E-state index contributed by atoms with van der Waals surface area (Å²) in [6, 6.07) is 3.78. The predicted molar refractivity (Wildman–Crippen MR) is 92.3 cm³/mol. The maximum absolute atomic E-state index is 12.0. The first-order valence-electron chi connectivity index (χ1n) is 8.06. The Kier molecular flexibility index (Phi) is 6.90. The third kappa shape index (κ3) is 5.70. The van der Waals surface area contributed by atoms with E-state index in [0.717, 1.165) is 22.9 Å². The van der Waals surface area contributed by atoms with Crippen molar-refractivity contribution in [3.63, 3.8) is 0 Å². The quantitative estimate of drug-likeness (QED) is 0.646. The molecule has 1 amide bonds. The molecule has 6 nitrogen and oxygen atoms in total. The molecule has 0 heterocycles. The highest BCUT2D eigenvalue weighted by atomic mass is 79.9. The molecule has 132 valence electrons. The fraction of sp³-hybridized carbons (Fsp3) is 0.529. The van der Waals surface area contributed by atoms with E-state index in [-0.39, 0.29) is 25.0 Å². The molecule has 0 unspecified atom stereocenters. The summed E-state index contributed by atoms with van der Waals surface area (Å²) in [5.74, 6) is 0.476. The first kappa shape index (κ1) is 18.6. The minimum absolute atomic E-state index is 0.0454. The van der Waals surface area contributed by atoms with E-state index < -0.39 is 5.97 Å². The molecule has 0 bridgehead atoms. The third-order valence-corrected chi connectivity index (χ3v) is 4.09. The summed E-state index contributed by atoms with van der Waals surface area (Å²) in [5, 5.41) is 2.77. The average Bonchev–Trinajstić information content (AvgIpc) is 3.34. The number of halogens is 1. The van der Waals surface area contributed by atoms with E-state index in [1.165, 1.54) is 0 Å². The van der Waals surface area contributed by atoms with Crippen LogP contribution in [-0.2, 0) is 20.7 Å². The molecule has 0 aromatic heterocycles. The first-order chi connectivity index (χ1) is 11.5. The minimum atomic E-state index is -0.465. The van der Waals surface area contributed by atoms with Crippen LogP contribution in [0.25, 0.3) is 0 Å². The Morgan fingerprint density at radius 2 is 1.79 bits per heavy atom. The second-order valence-corrected chi connectivity index (χ2v) is 6.29. The second kappa shape index (κ2) is 8.92. The fourth-order valence-corrected chi connectivity index (χ4v) is 2.56. The average molecular weight is 400 g/mol. The van der Waals surface area contributed by atoms with Gasteiger partial charge in [-0.15, -0.1) is 0 Å². The first-order valence-corrected chi connectivity index (χ1v) is 8.85. The van der Waals surface area contributed by atoms with Gasteiger partial charge in [0.2, 0.25) is 0 Å². The summed E-state index contributed by atoms with van der Waals surface area (Å²) < 4.78 is 16.8. The van der Waals surface area contributed by atoms with E-state index in [4.69, 9.17) is 14.2 Å². The number of benzene rings is 1. The van der Waals surface area contributed by atoms with Crippen molar-refractivity contribution in [3.8, 4) is 11.5 Å². The van der Waals surface area contributed by atoms with Crippen molar-refractivity contribution in [1.82, 2.24) is 5.32 Å². The van der Waals surface area contributed by atoms with Crippen molar-refractivity contribution < 1.29 is 23.8 Å². The lowest BCUT2D eigenvalue weighted by molar-refractivity contribution is -0.147. The number of nitrogens with one attached hydrogen (secondary N) is 1. The Balaban J connectivity index is 1.95. The van der Waals surface area contributed by atoms with Gasteiger partial charge in [0.1, 0.15) is 0 Å². The molecule has 24 heavy (non-hydrogen) atoms. The normalized spacial score (nSPS) is 13.3. The molecule has 2 rings (SSSR count). The second-order valence-electron chi connectivity index (χ2n) is 5.44. The zero-order valence-corrected chi connectivity index (χ0v) is 15.5. The van der Waals surface area contributed by atoms with Gasteiger partial charge in [-0.2, -0.15) is 0 Å². The van der Waals surface area contributed by atoms with E-state index in [1.54, 1.807) is 12.1 Å². The summed E-state index contributed by atoms with van der Waals surface area (Å²) in [4.78, 5) is 23.5. The third-order valence-electron chi connectivity index (χ3n) is 3.35. The van der Waals surface area contributed by atoms with Crippen LogP contribution in [0.2, 0.25) is 0 Å². The van der Waals surface area contributed by atoms with Crippen LogP contribution in [-0.4, -0.2) is 37.7 Å². The predicted octanol–water partition coefficient (Wildman–Crippen LogP) is 2.61. The SMILES string of the molecule is CCOc1cc(Br)c(CC(=O)OCC(=O)NC2CC2)cc1OCC. The highest BCUT2D eigenvalue weighted by molar-refractivity contribution is 9.10. The summed E-state index contributed by atoms with van der Waals surface area (Å²) in [6.07, 6.45) is 2.04. The van der Waals surface area contributed by atoms with Crippen LogP contribution in [0, 0.1) is 0 Å². The Morgan fingerprint density at radius 3 is 2.38 bits per heavy atom. The van der Waals surface area contributed by atoms with E-state index in [9.17, 15) is 9.59 Å². The lowest BCUT2D eigenvalue weighted by Gasteiger charge is -2.14. The van der Waals surface area contributed by atoms with Crippen LogP contribution in [0.1, 0.15) is 32.3 Å². The van der Waals surface area contributed by atoms with Gasteiger partial charge in [0.25, 0.3) is 5.91 Å². The molecular formula is C17H22BrNO5. The molecule has 1 saturated carbocycles. The molecule has 7 heteroatoms. The Labute approximate surface area is 150 Å². The topological polar surface area (TPSA) is 73.9 Å². The van der Waals surface area contributed by atoms with Crippen LogP contribution >= 0.6 is 15.9 Å². The zero-order chi connectivity index (χ0) is 17.5. The Morgan fingerprint density at radius 1 is 1.17 bits per heavy atom. The van der Waals surface area contributed by atoms with E-state index >= 15 is 0 Å². The van der Waals surface area contributed by atoms with Crippen molar-refractivity contribution in [2.24, 2.45) is 0 Å². The molecule has 0 saturated heterocycles. The molecule has 0 radical (unpaired) electrons. The van der Waals surface area contributed by atoms with Crippen LogP contribution in [0.3, 0.4) is 0 Å². The number of ether oxygens (including phenoxy) is 3. The number of amides is 1. The van der Waals surface area contributed by atoms with Gasteiger partial charge in [0.15, 0.2) is 18.1 Å². The summed E-state index contributed by atoms with van der Waals surface area (Å²) in [6.45, 7) is 4.53. The molecule has 1 fully saturated rings. The van der Waals surface area contributed by atoms with Gasteiger partial charge in [0.05, 0.1) is 19.6 Å². The van der Waals surface area contributed by atoms with Crippen LogP contribution in [0.5, 0.6) is 11.5 Å². The maximum Gasteiger partial charge on any atom is 0.310 e. The van der Waals surface area contributed by atoms with Crippen LogP contribution in [0.15, 0.2) is 16.6 Å². The number of carbonyl (C=O) groups is 2.